The number of pyridine rings is 1. The van der Waals surface area contributed by atoms with Crippen molar-refractivity contribution in [2.24, 2.45) is 5.16 Å². The molecule has 0 radical (unpaired) electrons. The number of oxime groups is 1. The summed E-state index contributed by atoms with van der Waals surface area (Å²) >= 11 is 0. The number of H-pyrrole nitrogens is 1. The van der Waals surface area contributed by atoms with Crippen LogP contribution in [0.4, 0.5) is 5.82 Å². The van der Waals surface area contributed by atoms with Gasteiger partial charge in [0.2, 0.25) is 0 Å². The van der Waals surface area contributed by atoms with Gasteiger partial charge in [-0.3, -0.25) is 4.98 Å². The molecule has 1 fully saturated rings. The molecule has 0 bridgehead atoms. The van der Waals surface area contributed by atoms with E-state index in [4.69, 9.17) is 14.3 Å². The zero-order valence-electron chi connectivity index (χ0n) is 18.1. The number of hydrogen-bond acceptors (Lipinski definition) is 8. The van der Waals surface area contributed by atoms with E-state index in [0.29, 0.717) is 32.1 Å². The predicted octanol–water partition coefficient (Wildman–Crippen LogP) is 3.22. The molecule has 1 aliphatic rings. The third-order valence-electron chi connectivity index (χ3n) is 5.28. The summed E-state index contributed by atoms with van der Waals surface area (Å²) in [7, 11) is 0. The van der Waals surface area contributed by atoms with Crippen LogP contribution in [-0.2, 0) is 11.2 Å². The van der Waals surface area contributed by atoms with Crippen LogP contribution in [-0.4, -0.2) is 59.1 Å². The monoisotopic (exact) mass is 444 g/mol. The Labute approximate surface area is 191 Å². The Hall–Kier alpha value is -3.98. The summed E-state index contributed by atoms with van der Waals surface area (Å²) in [4.78, 5) is 24.2. The number of nitrogens with one attached hydrogen (secondary N) is 1. The zero-order chi connectivity index (χ0) is 22.3. The van der Waals surface area contributed by atoms with Gasteiger partial charge in [-0.1, -0.05) is 29.4 Å². The molecule has 1 aliphatic heterocycles. The summed E-state index contributed by atoms with van der Waals surface area (Å²) in [6.07, 6.45) is 5.98. The second kappa shape index (κ2) is 10.1. The quantitative estimate of drug-likeness (QED) is 0.329. The Bertz CT molecular complexity index is 1220. The molecule has 3 aromatic heterocycles. The maximum Gasteiger partial charge on any atom is 0.321 e. The van der Waals surface area contributed by atoms with Crippen LogP contribution in [0, 0.1) is 0 Å². The van der Waals surface area contributed by atoms with Crippen LogP contribution >= 0.6 is 0 Å². The molecular formula is C24H24N6O3. The van der Waals surface area contributed by atoms with Crippen molar-refractivity contribution in [2.45, 2.75) is 6.42 Å². The standard InChI is InChI=1S/C24H24N6O3/c1-2-7-21-20(6-1)18(16-26-21)17-27-33-23-15-22(30-10-13-31-14-11-30)28-24(29-23)32-12-8-19-5-3-4-9-25-19/h1-7,9,15-17,26H,8,10-14H2/b27-17+. The third-order valence-corrected chi connectivity index (χ3v) is 5.28. The molecule has 4 aromatic rings. The number of benzene rings is 1. The van der Waals surface area contributed by atoms with Gasteiger partial charge in [0, 0.05) is 60.1 Å². The van der Waals surface area contributed by atoms with Crippen molar-refractivity contribution in [2.75, 3.05) is 37.8 Å². The average Bonchev–Trinajstić information content (AvgIpc) is 3.28. The van der Waals surface area contributed by atoms with E-state index in [2.05, 4.69) is 30.0 Å². The smallest absolute Gasteiger partial charge is 0.321 e. The van der Waals surface area contributed by atoms with Crippen LogP contribution in [0.2, 0.25) is 0 Å². The van der Waals surface area contributed by atoms with E-state index in [1.807, 2.05) is 48.7 Å². The summed E-state index contributed by atoms with van der Waals surface area (Å²) in [6, 6.07) is 15.8. The van der Waals surface area contributed by atoms with Crippen molar-refractivity contribution < 1.29 is 14.3 Å². The molecule has 1 aromatic carbocycles. The molecule has 0 aliphatic carbocycles. The van der Waals surface area contributed by atoms with Gasteiger partial charge < -0.3 is 24.2 Å². The summed E-state index contributed by atoms with van der Waals surface area (Å²) in [5.74, 6) is 1.04. The Kier molecular flexibility index (Phi) is 6.39. The molecule has 1 N–H and O–H groups in total. The number of morpholine rings is 1. The van der Waals surface area contributed by atoms with Crippen LogP contribution in [0.3, 0.4) is 0 Å². The lowest BCUT2D eigenvalue weighted by Crippen LogP contribution is -2.36. The van der Waals surface area contributed by atoms with E-state index < -0.39 is 0 Å². The van der Waals surface area contributed by atoms with Crippen LogP contribution in [0.25, 0.3) is 10.9 Å². The van der Waals surface area contributed by atoms with Crippen molar-refractivity contribution >= 4 is 22.9 Å². The van der Waals surface area contributed by atoms with Crippen molar-refractivity contribution in [1.82, 2.24) is 19.9 Å². The minimum Gasteiger partial charge on any atom is -0.463 e. The summed E-state index contributed by atoms with van der Waals surface area (Å²) in [6.45, 7) is 3.18. The number of anilines is 1. The minimum absolute atomic E-state index is 0.243. The van der Waals surface area contributed by atoms with Crippen molar-refractivity contribution in [3.05, 3.63) is 72.2 Å². The van der Waals surface area contributed by atoms with Crippen LogP contribution in [0.1, 0.15) is 11.3 Å². The molecule has 5 rings (SSSR count). The van der Waals surface area contributed by atoms with E-state index in [9.17, 15) is 0 Å². The summed E-state index contributed by atoms with van der Waals surface area (Å²) in [5, 5.41) is 5.21. The van der Waals surface area contributed by atoms with E-state index >= 15 is 0 Å². The van der Waals surface area contributed by atoms with Crippen LogP contribution in [0.15, 0.2) is 66.1 Å². The molecule has 168 valence electrons. The number of aromatic nitrogens is 4. The Morgan fingerprint density at radius 2 is 1.97 bits per heavy atom. The highest BCUT2D eigenvalue weighted by molar-refractivity contribution is 5.98. The van der Waals surface area contributed by atoms with Gasteiger partial charge in [-0.2, -0.15) is 9.97 Å². The molecule has 0 saturated carbocycles. The van der Waals surface area contributed by atoms with Gasteiger partial charge >= 0.3 is 6.01 Å². The third kappa shape index (κ3) is 5.27. The number of para-hydroxylation sites is 1. The molecule has 0 unspecified atom stereocenters. The second-order valence-electron chi connectivity index (χ2n) is 7.48. The molecule has 9 nitrogen and oxygen atoms in total. The van der Waals surface area contributed by atoms with Crippen molar-refractivity contribution in [1.29, 1.82) is 0 Å². The molecule has 0 atom stereocenters. The average molecular weight is 444 g/mol. The van der Waals surface area contributed by atoms with Gasteiger partial charge in [0.1, 0.15) is 5.82 Å². The maximum atomic E-state index is 5.83. The van der Waals surface area contributed by atoms with Gasteiger partial charge in [0.05, 0.1) is 26.0 Å². The molecular weight excluding hydrogens is 420 g/mol. The fourth-order valence-electron chi connectivity index (χ4n) is 3.59. The highest BCUT2D eigenvalue weighted by Crippen LogP contribution is 2.22. The number of hydrogen-bond donors (Lipinski definition) is 1. The SMILES string of the molecule is C(=N\Oc1cc(N2CCOCC2)nc(OCCc2ccccn2)n1)/c1c[nH]c2ccccc12. The predicted molar refractivity (Wildman–Crippen MR) is 125 cm³/mol. The number of ether oxygens (including phenoxy) is 2. The highest BCUT2D eigenvalue weighted by Gasteiger charge is 2.16. The highest BCUT2D eigenvalue weighted by atomic mass is 16.6. The minimum atomic E-state index is 0.243. The zero-order valence-corrected chi connectivity index (χ0v) is 18.1. The lowest BCUT2D eigenvalue weighted by Gasteiger charge is -2.27. The molecule has 0 spiro atoms. The first-order chi connectivity index (χ1) is 16.3. The number of nitrogens with zero attached hydrogens (tertiary/aromatic N) is 5. The van der Waals surface area contributed by atoms with Crippen LogP contribution in [0.5, 0.6) is 11.9 Å². The number of rotatable bonds is 8. The Balaban J connectivity index is 1.31. The second-order valence-corrected chi connectivity index (χ2v) is 7.48. The lowest BCUT2D eigenvalue weighted by molar-refractivity contribution is 0.122. The summed E-state index contributed by atoms with van der Waals surface area (Å²) in [5.41, 5.74) is 2.92. The maximum absolute atomic E-state index is 5.83. The lowest BCUT2D eigenvalue weighted by atomic mass is 10.2. The molecule has 4 heterocycles. The Morgan fingerprint density at radius 1 is 1.09 bits per heavy atom. The van der Waals surface area contributed by atoms with Gasteiger partial charge in [-0.15, -0.1) is 0 Å². The summed E-state index contributed by atoms with van der Waals surface area (Å²) < 4.78 is 11.3. The van der Waals surface area contributed by atoms with Crippen molar-refractivity contribution in [3.63, 3.8) is 0 Å². The van der Waals surface area contributed by atoms with Crippen LogP contribution < -0.4 is 14.5 Å². The number of aromatic amines is 1. The van der Waals surface area contributed by atoms with E-state index in [1.165, 1.54) is 0 Å². The Morgan fingerprint density at radius 3 is 2.85 bits per heavy atom. The van der Waals surface area contributed by atoms with Gasteiger partial charge in [-0.25, -0.2) is 0 Å². The normalized spacial score (nSPS) is 14.1. The van der Waals surface area contributed by atoms with Crippen molar-refractivity contribution in [3.8, 4) is 11.9 Å². The van der Waals surface area contributed by atoms with Gasteiger partial charge in [0.15, 0.2) is 0 Å². The molecule has 33 heavy (non-hydrogen) atoms. The largest absolute Gasteiger partial charge is 0.463 e. The molecule has 9 heteroatoms. The fourth-order valence-corrected chi connectivity index (χ4v) is 3.59. The number of fused-ring (bicyclic) bond motifs is 1. The first-order valence-corrected chi connectivity index (χ1v) is 10.9. The fraction of sp³-hybridized carbons (Fsp3) is 0.250. The molecule has 1 saturated heterocycles. The molecule has 0 amide bonds. The van der Waals surface area contributed by atoms with E-state index in [-0.39, 0.29) is 6.01 Å². The first-order valence-electron chi connectivity index (χ1n) is 10.9. The van der Waals surface area contributed by atoms with E-state index in [0.717, 1.165) is 41.1 Å². The first kappa shape index (κ1) is 20.9. The van der Waals surface area contributed by atoms with Gasteiger partial charge in [0.25, 0.3) is 5.88 Å². The van der Waals surface area contributed by atoms with Gasteiger partial charge in [-0.05, 0) is 18.2 Å². The van der Waals surface area contributed by atoms with E-state index in [1.54, 1.807) is 18.5 Å². The topological polar surface area (TPSA) is 97.8 Å².